The number of fused-ring (bicyclic) bond motifs is 1. The molecule has 0 saturated carbocycles. The highest BCUT2D eigenvalue weighted by Crippen LogP contribution is 2.37. The van der Waals surface area contributed by atoms with Gasteiger partial charge in [-0.2, -0.15) is 18.3 Å². The van der Waals surface area contributed by atoms with Crippen LogP contribution in [0.4, 0.5) is 19.0 Å². The number of anilines is 1. The minimum Gasteiger partial charge on any atom is -0.354 e. The van der Waals surface area contributed by atoms with Crippen LogP contribution in [0.2, 0.25) is 5.15 Å². The first-order valence-corrected chi connectivity index (χ1v) is 8.15. The molecular formula is C17H9ClF3N5O2. The van der Waals surface area contributed by atoms with Gasteiger partial charge in [0, 0.05) is 17.8 Å². The summed E-state index contributed by atoms with van der Waals surface area (Å²) in [5.74, 6) is -0.809. The van der Waals surface area contributed by atoms with Crippen molar-refractivity contribution in [3.63, 3.8) is 0 Å². The minimum atomic E-state index is -4.56. The molecule has 0 aliphatic heterocycles. The van der Waals surface area contributed by atoms with Crippen LogP contribution in [0.3, 0.4) is 0 Å². The van der Waals surface area contributed by atoms with Crippen molar-refractivity contribution in [1.29, 1.82) is 0 Å². The van der Waals surface area contributed by atoms with Crippen molar-refractivity contribution in [2.24, 2.45) is 0 Å². The van der Waals surface area contributed by atoms with Crippen molar-refractivity contribution >= 4 is 29.0 Å². The average Bonchev–Trinajstić information content (AvgIpc) is 3.27. The SMILES string of the molecule is O=C(Nc1cc(-c2ccccc2C(F)(F)F)on1)c1cnn2ccc(Cl)nc12. The highest BCUT2D eigenvalue weighted by Gasteiger charge is 2.34. The van der Waals surface area contributed by atoms with Crippen LogP contribution in [0.15, 0.2) is 53.3 Å². The molecule has 0 atom stereocenters. The zero-order chi connectivity index (χ0) is 19.9. The molecule has 7 nitrogen and oxygen atoms in total. The zero-order valence-corrected chi connectivity index (χ0v) is 14.5. The van der Waals surface area contributed by atoms with E-state index in [-0.39, 0.29) is 33.5 Å². The average molecular weight is 408 g/mol. The smallest absolute Gasteiger partial charge is 0.354 e. The van der Waals surface area contributed by atoms with E-state index < -0.39 is 17.6 Å². The third-order valence-electron chi connectivity index (χ3n) is 3.83. The Balaban J connectivity index is 1.62. The number of hydrogen-bond donors (Lipinski definition) is 1. The third-order valence-corrected chi connectivity index (χ3v) is 4.04. The molecule has 1 N–H and O–H groups in total. The Morgan fingerprint density at radius 1 is 1.21 bits per heavy atom. The second-order valence-electron chi connectivity index (χ2n) is 5.65. The van der Waals surface area contributed by atoms with E-state index in [0.29, 0.717) is 0 Å². The standard InChI is InChI=1S/C17H9ClF3N5O2/c18-13-5-6-26-15(23-13)10(8-22-26)16(27)24-14-7-12(28-25-14)9-3-1-2-4-11(9)17(19,20)21/h1-8H,(H,24,25,27). The Bertz CT molecular complexity index is 1180. The molecule has 0 spiro atoms. The molecule has 4 aromatic rings. The summed E-state index contributed by atoms with van der Waals surface area (Å²) >= 11 is 5.83. The summed E-state index contributed by atoms with van der Waals surface area (Å²) < 4.78 is 45.8. The van der Waals surface area contributed by atoms with Crippen LogP contribution in [-0.4, -0.2) is 25.7 Å². The van der Waals surface area contributed by atoms with Gasteiger partial charge in [-0.3, -0.25) is 4.79 Å². The monoisotopic (exact) mass is 407 g/mol. The van der Waals surface area contributed by atoms with Gasteiger partial charge in [0.05, 0.1) is 11.8 Å². The Morgan fingerprint density at radius 2 is 2.00 bits per heavy atom. The molecule has 0 aliphatic rings. The molecule has 3 aromatic heterocycles. The number of benzene rings is 1. The highest BCUT2D eigenvalue weighted by molar-refractivity contribution is 6.29. The molecule has 4 rings (SSSR count). The number of halogens is 4. The fourth-order valence-corrected chi connectivity index (χ4v) is 2.73. The molecule has 28 heavy (non-hydrogen) atoms. The van der Waals surface area contributed by atoms with Crippen molar-refractivity contribution < 1.29 is 22.5 Å². The lowest BCUT2D eigenvalue weighted by Gasteiger charge is -2.09. The maximum atomic E-state index is 13.2. The van der Waals surface area contributed by atoms with Crippen LogP contribution in [0, 0.1) is 0 Å². The van der Waals surface area contributed by atoms with E-state index in [0.717, 1.165) is 6.07 Å². The Labute approximate surface area is 159 Å². The summed E-state index contributed by atoms with van der Waals surface area (Å²) in [4.78, 5) is 16.5. The molecule has 0 unspecified atom stereocenters. The lowest BCUT2D eigenvalue weighted by atomic mass is 10.1. The van der Waals surface area contributed by atoms with Gasteiger partial charge in [0.25, 0.3) is 5.91 Å². The molecule has 0 bridgehead atoms. The van der Waals surface area contributed by atoms with Crippen LogP contribution in [0.1, 0.15) is 15.9 Å². The zero-order valence-electron chi connectivity index (χ0n) is 13.7. The van der Waals surface area contributed by atoms with E-state index >= 15 is 0 Å². The number of carbonyl (C=O) groups excluding carboxylic acids is 1. The predicted molar refractivity (Wildman–Crippen MR) is 92.9 cm³/mol. The fraction of sp³-hybridized carbons (Fsp3) is 0.0588. The lowest BCUT2D eigenvalue weighted by Crippen LogP contribution is -2.12. The molecule has 0 fully saturated rings. The van der Waals surface area contributed by atoms with Gasteiger partial charge >= 0.3 is 6.18 Å². The van der Waals surface area contributed by atoms with Gasteiger partial charge in [0.15, 0.2) is 17.2 Å². The summed E-state index contributed by atoms with van der Waals surface area (Å²) in [5.41, 5.74) is -0.725. The number of carbonyl (C=O) groups is 1. The first kappa shape index (κ1) is 18.0. The number of nitrogens with one attached hydrogen (secondary N) is 1. The van der Waals surface area contributed by atoms with Gasteiger partial charge in [0.2, 0.25) is 0 Å². The second kappa shape index (κ2) is 6.64. The van der Waals surface area contributed by atoms with Gasteiger partial charge < -0.3 is 9.84 Å². The predicted octanol–water partition coefficient (Wildman–Crippen LogP) is 4.31. The number of hydrogen-bond acceptors (Lipinski definition) is 5. The summed E-state index contributed by atoms with van der Waals surface area (Å²) in [5, 5.41) is 10.2. The van der Waals surface area contributed by atoms with E-state index in [4.69, 9.17) is 16.1 Å². The van der Waals surface area contributed by atoms with Gasteiger partial charge in [-0.25, -0.2) is 9.50 Å². The Hall–Kier alpha value is -3.40. The van der Waals surface area contributed by atoms with Crippen LogP contribution in [-0.2, 0) is 6.18 Å². The molecule has 142 valence electrons. The van der Waals surface area contributed by atoms with E-state index in [1.807, 2.05) is 0 Å². The second-order valence-corrected chi connectivity index (χ2v) is 6.04. The molecule has 1 amide bonds. The molecule has 1 aromatic carbocycles. The van der Waals surface area contributed by atoms with E-state index in [1.165, 1.54) is 47.2 Å². The number of aromatic nitrogens is 4. The van der Waals surface area contributed by atoms with Crippen molar-refractivity contribution in [1.82, 2.24) is 19.8 Å². The number of alkyl halides is 3. The van der Waals surface area contributed by atoms with E-state index in [9.17, 15) is 18.0 Å². The lowest BCUT2D eigenvalue weighted by molar-refractivity contribution is -0.137. The van der Waals surface area contributed by atoms with Crippen molar-refractivity contribution in [2.45, 2.75) is 6.18 Å². The first-order valence-electron chi connectivity index (χ1n) is 7.77. The maximum absolute atomic E-state index is 13.2. The largest absolute Gasteiger partial charge is 0.417 e. The van der Waals surface area contributed by atoms with E-state index in [1.54, 1.807) is 0 Å². The number of rotatable bonds is 3. The topological polar surface area (TPSA) is 85.3 Å². The van der Waals surface area contributed by atoms with Gasteiger partial charge in [-0.1, -0.05) is 35.0 Å². The Kier molecular flexibility index (Phi) is 4.27. The third kappa shape index (κ3) is 3.29. The molecule has 0 radical (unpaired) electrons. The first-order chi connectivity index (χ1) is 13.3. The van der Waals surface area contributed by atoms with Gasteiger partial charge in [0.1, 0.15) is 10.7 Å². The summed E-state index contributed by atoms with van der Waals surface area (Å²) in [7, 11) is 0. The molecule has 3 heterocycles. The van der Waals surface area contributed by atoms with Crippen molar-refractivity contribution in [2.75, 3.05) is 5.32 Å². The maximum Gasteiger partial charge on any atom is 0.417 e. The number of amides is 1. The fourth-order valence-electron chi connectivity index (χ4n) is 2.60. The molecule has 11 heteroatoms. The Morgan fingerprint density at radius 3 is 2.79 bits per heavy atom. The summed E-state index contributed by atoms with van der Waals surface area (Å²) in [6, 6.07) is 7.62. The highest BCUT2D eigenvalue weighted by atomic mass is 35.5. The normalized spacial score (nSPS) is 11.7. The summed E-state index contributed by atoms with van der Waals surface area (Å²) in [6.45, 7) is 0. The quantitative estimate of drug-likeness (QED) is 0.511. The van der Waals surface area contributed by atoms with Crippen LogP contribution in [0.5, 0.6) is 0 Å². The molecular weight excluding hydrogens is 399 g/mol. The van der Waals surface area contributed by atoms with E-state index in [2.05, 4.69) is 20.6 Å². The van der Waals surface area contributed by atoms with Crippen molar-refractivity contribution in [3.05, 3.63) is 65.1 Å². The molecule has 0 saturated heterocycles. The molecule has 0 aliphatic carbocycles. The van der Waals surface area contributed by atoms with Gasteiger partial charge in [-0.05, 0) is 12.1 Å². The minimum absolute atomic E-state index is 0.0571. The number of nitrogens with zero attached hydrogens (tertiary/aromatic N) is 4. The van der Waals surface area contributed by atoms with Crippen molar-refractivity contribution in [3.8, 4) is 11.3 Å². The van der Waals surface area contributed by atoms with Crippen LogP contribution in [0.25, 0.3) is 17.0 Å². The van der Waals surface area contributed by atoms with Crippen LogP contribution >= 0.6 is 11.6 Å². The van der Waals surface area contributed by atoms with Gasteiger partial charge in [-0.15, -0.1) is 0 Å². The summed E-state index contributed by atoms with van der Waals surface area (Å²) in [6.07, 6.45) is -1.74. The van der Waals surface area contributed by atoms with Crippen LogP contribution < -0.4 is 5.32 Å².